The van der Waals surface area contributed by atoms with Crippen LogP contribution in [0.3, 0.4) is 0 Å². The molecule has 6 nitrogen and oxygen atoms in total. The van der Waals surface area contributed by atoms with Gasteiger partial charge in [0.1, 0.15) is 10.6 Å². The van der Waals surface area contributed by atoms with Crippen LogP contribution in [0.25, 0.3) is 0 Å². The van der Waals surface area contributed by atoms with E-state index in [1.165, 1.54) is 19.3 Å². The average Bonchev–Trinajstić information content (AvgIpc) is 2.77. The van der Waals surface area contributed by atoms with Gasteiger partial charge in [0, 0.05) is 18.6 Å². The molecule has 2 heterocycles. The van der Waals surface area contributed by atoms with Gasteiger partial charge in [0.05, 0.1) is 0 Å². The predicted molar refractivity (Wildman–Crippen MR) is 80.6 cm³/mol. The Kier molecular flexibility index (Phi) is 5.06. The molecule has 2 atom stereocenters. The first kappa shape index (κ1) is 16.5. The van der Waals surface area contributed by atoms with Gasteiger partial charge in [0.15, 0.2) is 5.76 Å². The van der Waals surface area contributed by atoms with Gasteiger partial charge in [-0.1, -0.05) is 11.6 Å². The highest BCUT2D eigenvalue weighted by molar-refractivity contribution is 7.89. The minimum atomic E-state index is -3.56. The van der Waals surface area contributed by atoms with Crippen LogP contribution in [0.4, 0.5) is 0 Å². The molecule has 1 aromatic rings. The minimum Gasteiger partial charge on any atom is -0.360 e. The lowest BCUT2D eigenvalue weighted by molar-refractivity contribution is 0.116. The van der Waals surface area contributed by atoms with E-state index in [1.807, 2.05) is 0 Å². The van der Waals surface area contributed by atoms with Gasteiger partial charge in [-0.2, -0.15) is 0 Å². The number of piperidine rings is 1. The molecular formula is C14H25N3O3S. The van der Waals surface area contributed by atoms with Crippen molar-refractivity contribution >= 4 is 10.0 Å². The number of nitrogens with zero attached hydrogens (tertiary/aromatic N) is 2. The second kappa shape index (κ2) is 6.46. The molecule has 1 aliphatic heterocycles. The standard InChI is InChI=1S/C14H25N3O3S/c1-10-7-5-6-8-17(10)11(2)9-15-21(18,19)14-12(3)16-20-13(14)4/h10-11,15H,5-9H2,1-4H3. The molecule has 2 unspecified atom stereocenters. The summed E-state index contributed by atoms with van der Waals surface area (Å²) in [6.07, 6.45) is 3.63. The lowest BCUT2D eigenvalue weighted by Gasteiger charge is -2.38. The third-order valence-electron chi connectivity index (χ3n) is 4.23. The summed E-state index contributed by atoms with van der Waals surface area (Å²) in [7, 11) is -3.56. The number of hydrogen-bond acceptors (Lipinski definition) is 5. The fourth-order valence-electron chi connectivity index (χ4n) is 3.05. The van der Waals surface area contributed by atoms with Crippen molar-refractivity contribution < 1.29 is 12.9 Å². The Morgan fingerprint density at radius 2 is 2.14 bits per heavy atom. The number of aryl methyl sites for hydroxylation is 2. The molecule has 1 N–H and O–H groups in total. The lowest BCUT2D eigenvalue weighted by Crippen LogP contribution is -2.48. The molecule has 1 aromatic heterocycles. The van der Waals surface area contributed by atoms with E-state index in [-0.39, 0.29) is 10.9 Å². The van der Waals surface area contributed by atoms with Gasteiger partial charge < -0.3 is 4.52 Å². The fraction of sp³-hybridized carbons (Fsp3) is 0.786. The van der Waals surface area contributed by atoms with Crippen LogP contribution >= 0.6 is 0 Å². The molecule has 0 aromatic carbocycles. The fourth-order valence-corrected chi connectivity index (χ4v) is 4.50. The van der Waals surface area contributed by atoms with Gasteiger partial charge in [0.25, 0.3) is 0 Å². The quantitative estimate of drug-likeness (QED) is 0.897. The molecule has 0 bridgehead atoms. The predicted octanol–water partition coefficient (Wildman–Crippen LogP) is 1.83. The molecule has 1 saturated heterocycles. The maximum Gasteiger partial charge on any atom is 0.246 e. The van der Waals surface area contributed by atoms with Crippen molar-refractivity contribution in [1.29, 1.82) is 0 Å². The van der Waals surface area contributed by atoms with E-state index in [1.54, 1.807) is 13.8 Å². The Morgan fingerprint density at radius 3 is 2.71 bits per heavy atom. The molecule has 21 heavy (non-hydrogen) atoms. The number of rotatable bonds is 5. The third kappa shape index (κ3) is 3.64. The smallest absolute Gasteiger partial charge is 0.246 e. The number of hydrogen-bond donors (Lipinski definition) is 1. The molecule has 0 spiro atoms. The summed E-state index contributed by atoms with van der Waals surface area (Å²) in [6, 6.07) is 0.688. The second-order valence-electron chi connectivity index (χ2n) is 5.94. The first-order valence-electron chi connectivity index (χ1n) is 7.51. The number of nitrogens with one attached hydrogen (secondary N) is 1. The van der Waals surface area contributed by atoms with E-state index < -0.39 is 10.0 Å². The third-order valence-corrected chi connectivity index (χ3v) is 5.89. The number of aromatic nitrogens is 1. The second-order valence-corrected chi connectivity index (χ2v) is 7.64. The molecule has 2 rings (SSSR count). The van der Waals surface area contributed by atoms with E-state index in [9.17, 15) is 8.42 Å². The van der Waals surface area contributed by atoms with Crippen molar-refractivity contribution in [2.45, 2.75) is 63.9 Å². The molecule has 1 fully saturated rings. The Labute approximate surface area is 126 Å². The Hall–Kier alpha value is -0.920. The zero-order valence-corrected chi connectivity index (χ0v) is 14.0. The number of likely N-dealkylation sites (tertiary alicyclic amines) is 1. The highest BCUT2D eigenvalue weighted by atomic mass is 32.2. The monoisotopic (exact) mass is 315 g/mol. The van der Waals surface area contributed by atoms with Gasteiger partial charge in [-0.15, -0.1) is 0 Å². The van der Waals surface area contributed by atoms with Crippen LogP contribution in [0.2, 0.25) is 0 Å². The van der Waals surface area contributed by atoms with E-state index in [0.29, 0.717) is 24.0 Å². The van der Waals surface area contributed by atoms with E-state index >= 15 is 0 Å². The van der Waals surface area contributed by atoms with Crippen molar-refractivity contribution in [1.82, 2.24) is 14.8 Å². The molecule has 0 saturated carbocycles. The van der Waals surface area contributed by atoms with Crippen molar-refractivity contribution in [3.8, 4) is 0 Å². The van der Waals surface area contributed by atoms with E-state index in [4.69, 9.17) is 4.52 Å². The summed E-state index contributed by atoms with van der Waals surface area (Å²) in [5.74, 6) is 0.332. The zero-order valence-electron chi connectivity index (χ0n) is 13.2. The molecule has 120 valence electrons. The van der Waals surface area contributed by atoms with Gasteiger partial charge in [-0.3, -0.25) is 4.90 Å². The first-order chi connectivity index (χ1) is 9.83. The Bertz CT molecular complexity index is 563. The summed E-state index contributed by atoms with van der Waals surface area (Å²) >= 11 is 0. The van der Waals surface area contributed by atoms with Gasteiger partial charge in [-0.05, 0) is 47.1 Å². The zero-order chi connectivity index (χ0) is 15.6. The molecule has 1 aliphatic rings. The molecular weight excluding hydrogens is 290 g/mol. The molecule has 0 amide bonds. The molecule has 0 radical (unpaired) electrons. The van der Waals surface area contributed by atoms with Crippen LogP contribution in [0.15, 0.2) is 9.42 Å². The highest BCUT2D eigenvalue weighted by Crippen LogP contribution is 2.21. The molecule has 0 aliphatic carbocycles. The normalized spacial score (nSPS) is 22.4. The van der Waals surface area contributed by atoms with Crippen LogP contribution in [0, 0.1) is 13.8 Å². The van der Waals surface area contributed by atoms with E-state index in [2.05, 4.69) is 28.6 Å². The van der Waals surface area contributed by atoms with Crippen LogP contribution in [0.1, 0.15) is 44.6 Å². The van der Waals surface area contributed by atoms with Crippen molar-refractivity contribution in [2.75, 3.05) is 13.1 Å². The summed E-state index contributed by atoms with van der Waals surface area (Å²) in [6.45, 7) is 8.97. The summed E-state index contributed by atoms with van der Waals surface area (Å²) in [5, 5.41) is 3.71. The van der Waals surface area contributed by atoms with Crippen molar-refractivity contribution in [3.05, 3.63) is 11.5 Å². The van der Waals surface area contributed by atoms with Crippen molar-refractivity contribution in [2.24, 2.45) is 0 Å². The maximum atomic E-state index is 12.4. The highest BCUT2D eigenvalue weighted by Gasteiger charge is 2.27. The first-order valence-corrected chi connectivity index (χ1v) is 8.99. The molecule has 7 heteroatoms. The number of sulfonamides is 1. The largest absolute Gasteiger partial charge is 0.360 e. The lowest BCUT2D eigenvalue weighted by atomic mass is 10.0. The Morgan fingerprint density at radius 1 is 1.43 bits per heavy atom. The summed E-state index contributed by atoms with van der Waals surface area (Å²) < 4.78 is 32.4. The summed E-state index contributed by atoms with van der Waals surface area (Å²) in [4.78, 5) is 2.54. The topological polar surface area (TPSA) is 75.4 Å². The van der Waals surface area contributed by atoms with Gasteiger partial charge in [-0.25, -0.2) is 13.1 Å². The van der Waals surface area contributed by atoms with Crippen LogP contribution in [-0.2, 0) is 10.0 Å². The average molecular weight is 315 g/mol. The van der Waals surface area contributed by atoms with E-state index in [0.717, 1.165) is 6.54 Å². The minimum absolute atomic E-state index is 0.168. The Balaban J connectivity index is 2.02. The van der Waals surface area contributed by atoms with Crippen LogP contribution < -0.4 is 4.72 Å². The SMILES string of the molecule is Cc1noc(C)c1S(=O)(=O)NCC(C)N1CCCCC1C. The van der Waals surface area contributed by atoms with Crippen LogP contribution in [-0.4, -0.2) is 43.6 Å². The van der Waals surface area contributed by atoms with Gasteiger partial charge >= 0.3 is 0 Å². The maximum absolute atomic E-state index is 12.4. The van der Waals surface area contributed by atoms with Crippen molar-refractivity contribution in [3.63, 3.8) is 0 Å². The van der Waals surface area contributed by atoms with Gasteiger partial charge in [0.2, 0.25) is 10.0 Å². The van der Waals surface area contributed by atoms with Crippen LogP contribution in [0.5, 0.6) is 0 Å². The summed E-state index contributed by atoms with van der Waals surface area (Å²) in [5.41, 5.74) is 0.402.